The molecule has 3 rings (SSSR count). The molecule has 0 bridgehead atoms. The molecule has 7 nitrogen and oxygen atoms in total. The molecule has 0 spiro atoms. The molecule has 0 aliphatic carbocycles. The lowest BCUT2D eigenvalue weighted by atomic mass is 10.2. The Balaban J connectivity index is 1.62. The average Bonchev–Trinajstić information content (AvgIpc) is 2.74. The Morgan fingerprint density at radius 2 is 2.00 bits per heavy atom. The molecule has 2 aromatic carbocycles. The summed E-state index contributed by atoms with van der Waals surface area (Å²) < 4.78 is 11.2. The molecule has 0 fully saturated rings. The standard InChI is InChI=1S/C20H18N4O3/c1-26-19-11-16(12-23-24-20(25)17-13-21-9-10-22-17)7-8-18(19)27-14-15-5-3-2-4-6-15/h2-13H,14H2,1H3,(H,24,25)/b23-12+. The second-order valence-electron chi connectivity index (χ2n) is 5.47. The Morgan fingerprint density at radius 1 is 1.15 bits per heavy atom. The third kappa shape index (κ3) is 5.12. The SMILES string of the molecule is COc1cc(/C=N/NC(=O)c2cnccn2)ccc1OCc1ccccc1. The van der Waals surface area contributed by atoms with Crippen molar-refractivity contribution in [2.24, 2.45) is 5.10 Å². The molecule has 1 amide bonds. The van der Waals surface area contributed by atoms with E-state index in [4.69, 9.17) is 9.47 Å². The molecule has 0 aliphatic rings. The first-order chi connectivity index (χ1) is 13.3. The van der Waals surface area contributed by atoms with Gasteiger partial charge in [0.2, 0.25) is 0 Å². The number of carbonyl (C=O) groups is 1. The van der Waals surface area contributed by atoms with Gasteiger partial charge in [-0.3, -0.25) is 9.78 Å². The number of rotatable bonds is 7. The fraction of sp³-hybridized carbons (Fsp3) is 0.100. The molecular formula is C20H18N4O3. The Kier molecular flexibility index (Phi) is 6.08. The topological polar surface area (TPSA) is 85.7 Å². The van der Waals surface area contributed by atoms with Gasteiger partial charge in [0.25, 0.3) is 5.91 Å². The van der Waals surface area contributed by atoms with Gasteiger partial charge < -0.3 is 9.47 Å². The van der Waals surface area contributed by atoms with Crippen molar-refractivity contribution in [2.45, 2.75) is 6.61 Å². The molecule has 0 unspecified atom stereocenters. The van der Waals surface area contributed by atoms with Crippen molar-refractivity contribution in [2.75, 3.05) is 7.11 Å². The summed E-state index contributed by atoms with van der Waals surface area (Å²) in [5.41, 5.74) is 4.41. The molecule has 0 saturated heterocycles. The van der Waals surface area contributed by atoms with Crippen molar-refractivity contribution in [3.63, 3.8) is 0 Å². The van der Waals surface area contributed by atoms with E-state index < -0.39 is 5.91 Å². The number of hydrazone groups is 1. The predicted molar refractivity (Wildman–Crippen MR) is 101 cm³/mol. The first kappa shape index (κ1) is 18.1. The van der Waals surface area contributed by atoms with Gasteiger partial charge in [-0.05, 0) is 29.3 Å². The number of benzene rings is 2. The summed E-state index contributed by atoms with van der Waals surface area (Å²) in [6.45, 7) is 0.443. The van der Waals surface area contributed by atoms with Crippen LogP contribution in [0, 0.1) is 0 Å². The summed E-state index contributed by atoms with van der Waals surface area (Å²) in [6, 6.07) is 15.3. The third-order valence-electron chi connectivity index (χ3n) is 3.60. The van der Waals surface area contributed by atoms with E-state index in [9.17, 15) is 4.79 Å². The second-order valence-corrected chi connectivity index (χ2v) is 5.47. The number of methoxy groups -OCH3 is 1. The van der Waals surface area contributed by atoms with Crippen LogP contribution in [0.15, 0.2) is 72.2 Å². The maximum Gasteiger partial charge on any atom is 0.291 e. The minimum Gasteiger partial charge on any atom is -0.493 e. The van der Waals surface area contributed by atoms with Crippen LogP contribution in [-0.4, -0.2) is 29.2 Å². The lowest BCUT2D eigenvalue weighted by molar-refractivity contribution is 0.0949. The van der Waals surface area contributed by atoms with E-state index in [1.54, 1.807) is 19.2 Å². The van der Waals surface area contributed by atoms with Gasteiger partial charge in [-0.1, -0.05) is 30.3 Å². The maximum absolute atomic E-state index is 11.9. The number of aromatic nitrogens is 2. The van der Waals surface area contributed by atoms with Crippen LogP contribution in [0.25, 0.3) is 0 Å². The van der Waals surface area contributed by atoms with Crippen LogP contribution in [0.1, 0.15) is 21.6 Å². The Morgan fingerprint density at radius 3 is 2.74 bits per heavy atom. The average molecular weight is 362 g/mol. The third-order valence-corrected chi connectivity index (χ3v) is 3.60. The molecule has 0 radical (unpaired) electrons. The van der Waals surface area contributed by atoms with Gasteiger partial charge in [-0.2, -0.15) is 5.10 Å². The molecule has 0 saturated carbocycles. The molecule has 1 N–H and O–H groups in total. The number of carbonyl (C=O) groups excluding carboxylic acids is 1. The summed E-state index contributed by atoms with van der Waals surface area (Å²) in [5, 5.41) is 3.93. The molecule has 3 aromatic rings. The zero-order valence-electron chi connectivity index (χ0n) is 14.7. The fourth-order valence-corrected chi connectivity index (χ4v) is 2.26. The second kappa shape index (κ2) is 9.10. The van der Waals surface area contributed by atoms with Crippen LogP contribution >= 0.6 is 0 Å². The highest BCUT2D eigenvalue weighted by Gasteiger charge is 2.07. The Labute approximate surface area is 156 Å². The van der Waals surface area contributed by atoms with Crippen molar-refractivity contribution in [1.29, 1.82) is 0 Å². The van der Waals surface area contributed by atoms with Crippen molar-refractivity contribution in [3.8, 4) is 11.5 Å². The van der Waals surface area contributed by atoms with Crippen LogP contribution in [0.2, 0.25) is 0 Å². The van der Waals surface area contributed by atoms with E-state index >= 15 is 0 Å². The van der Waals surface area contributed by atoms with Crippen molar-refractivity contribution >= 4 is 12.1 Å². The molecular weight excluding hydrogens is 344 g/mol. The highest BCUT2D eigenvalue weighted by Crippen LogP contribution is 2.28. The highest BCUT2D eigenvalue weighted by molar-refractivity contribution is 5.92. The minimum absolute atomic E-state index is 0.192. The van der Waals surface area contributed by atoms with Crippen LogP contribution < -0.4 is 14.9 Å². The fourth-order valence-electron chi connectivity index (χ4n) is 2.26. The molecule has 0 aliphatic heterocycles. The van der Waals surface area contributed by atoms with Crippen LogP contribution in [0.5, 0.6) is 11.5 Å². The summed E-state index contributed by atoms with van der Waals surface area (Å²) in [4.78, 5) is 19.6. The molecule has 136 valence electrons. The number of nitrogens with one attached hydrogen (secondary N) is 1. The molecule has 1 aromatic heterocycles. The van der Waals surface area contributed by atoms with Gasteiger partial charge in [0.15, 0.2) is 11.5 Å². The van der Waals surface area contributed by atoms with Crippen LogP contribution in [0.3, 0.4) is 0 Å². The summed E-state index contributed by atoms with van der Waals surface area (Å²) >= 11 is 0. The Bertz CT molecular complexity index is 915. The lowest BCUT2D eigenvalue weighted by Gasteiger charge is -2.11. The van der Waals surface area contributed by atoms with E-state index in [-0.39, 0.29) is 5.69 Å². The van der Waals surface area contributed by atoms with Gasteiger partial charge in [0, 0.05) is 12.4 Å². The smallest absolute Gasteiger partial charge is 0.291 e. The van der Waals surface area contributed by atoms with Gasteiger partial charge in [0.1, 0.15) is 12.3 Å². The van der Waals surface area contributed by atoms with E-state index in [2.05, 4.69) is 20.5 Å². The first-order valence-electron chi connectivity index (χ1n) is 8.20. The summed E-state index contributed by atoms with van der Waals surface area (Å²) in [7, 11) is 1.57. The molecule has 27 heavy (non-hydrogen) atoms. The predicted octanol–water partition coefficient (Wildman–Crippen LogP) is 2.83. The number of hydrogen-bond acceptors (Lipinski definition) is 6. The number of amides is 1. The van der Waals surface area contributed by atoms with E-state index in [1.165, 1.54) is 24.8 Å². The number of hydrogen-bond donors (Lipinski definition) is 1. The maximum atomic E-state index is 11.9. The normalized spacial score (nSPS) is 10.6. The molecule has 1 heterocycles. The van der Waals surface area contributed by atoms with Gasteiger partial charge in [0.05, 0.1) is 19.5 Å². The zero-order chi connectivity index (χ0) is 18.9. The van der Waals surface area contributed by atoms with Crippen LogP contribution in [0.4, 0.5) is 0 Å². The van der Waals surface area contributed by atoms with E-state index in [0.717, 1.165) is 11.1 Å². The van der Waals surface area contributed by atoms with Gasteiger partial charge >= 0.3 is 0 Å². The van der Waals surface area contributed by atoms with Crippen LogP contribution in [-0.2, 0) is 6.61 Å². The van der Waals surface area contributed by atoms with Crippen molar-refractivity contribution in [1.82, 2.24) is 15.4 Å². The quantitative estimate of drug-likeness (QED) is 0.516. The lowest BCUT2D eigenvalue weighted by Crippen LogP contribution is -2.19. The van der Waals surface area contributed by atoms with E-state index in [0.29, 0.717) is 18.1 Å². The molecule has 7 heteroatoms. The zero-order valence-corrected chi connectivity index (χ0v) is 14.7. The summed E-state index contributed by atoms with van der Waals surface area (Å²) in [6.07, 6.45) is 5.82. The first-order valence-corrected chi connectivity index (χ1v) is 8.20. The molecule has 0 atom stereocenters. The van der Waals surface area contributed by atoms with Crippen molar-refractivity contribution in [3.05, 3.63) is 83.9 Å². The van der Waals surface area contributed by atoms with Gasteiger partial charge in [-0.15, -0.1) is 0 Å². The number of nitrogens with zero attached hydrogens (tertiary/aromatic N) is 3. The monoisotopic (exact) mass is 362 g/mol. The van der Waals surface area contributed by atoms with E-state index in [1.807, 2.05) is 36.4 Å². The minimum atomic E-state index is -0.436. The largest absolute Gasteiger partial charge is 0.493 e. The highest BCUT2D eigenvalue weighted by atomic mass is 16.5. The van der Waals surface area contributed by atoms with Gasteiger partial charge in [-0.25, -0.2) is 10.4 Å². The van der Waals surface area contributed by atoms with Crippen molar-refractivity contribution < 1.29 is 14.3 Å². The Hall–Kier alpha value is -3.74. The number of ether oxygens (including phenoxy) is 2. The summed E-state index contributed by atoms with van der Waals surface area (Å²) in [5.74, 6) is 0.770.